The Hall–Kier alpha value is -0.970. The maximum atomic E-state index is 10.0. The summed E-state index contributed by atoms with van der Waals surface area (Å²) in [5, 5.41) is 10.0. The number of hydrogen-bond acceptors (Lipinski definition) is 4. The lowest BCUT2D eigenvalue weighted by molar-refractivity contribution is 0.154. The van der Waals surface area contributed by atoms with Crippen LogP contribution >= 0.6 is 11.3 Å². The summed E-state index contributed by atoms with van der Waals surface area (Å²) in [5.41, 5.74) is 3.83. The predicted octanol–water partition coefficient (Wildman–Crippen LogP) is 2.28. The van der Waals surface area contributed by atoms with E-state index < -0.39 is 0 Å². The molecule has 0 aliphatic carbocycles. The molecule has 2 rings (SSSR count). The van der Waals surface area contributed by atoms with E-state index in [9.17, 15) is 5.11 Å². The highest BCUT2D eigenvalue weighted by Gasteiger charge is 2.09. The first kappa shape index (κ1) is 11.5. The van der Waals surface area contributed by atoms with Gasteiger partial charge in [-0.05, 0) is 38.2 Å². The minimum absolute atomic E-state index is 0.381. The van der Waals surface area contributed by atoms with E-state index in [4.69, 9.17) is 0 Å². The van der Waals surface area contributed by atoms with E-state index >= 15 is 0 Å². The highest BCUT2D eigenvalue weighted by Crippen LogP contribution is 2.24. The molecule has 0 aliphatic rings. The molecular weight excluding hydrogens is 220 g/mol. The third-order valence-corrected chi connectivity index (χ3v) is 3.38. The van der Waals surface area contributed by atoms with Gasteiger partial charge in [-0.25, -0.2) is 4.98 Å². The van der Waals surface area contributed by atoms with E-state index in [0.717, 1.165) is 28.7 Å². The third-order valence-electron chi connectivity index (χ3n) is 2.59. The van der Waals surface area contributed by atoms with Crippen LogP contribution in [0.2, 0.25) is 0 Å². The summed E-state index contributed by atoms with van der Waals surface area (Å²) in [6.07, 6.45) is 0.381. The van der Waals surface area contributed by atoms with Gasteiger partial charge >= 0.3 is 0 Å². The van der Waals surface area contributed by atoms with Crippen LogP contribution in [0.25, 0.3) is 10.2 Å². The fourth-order valence-corrected chi connectivity index (χ4v) is 2.35. The fourth-order valence-electron chi connectivity index (χ4n) is 1.63. The molecule has 2 aromatic rings. The second-order valence-electron chi connectivity index (χ2n) is 4.19. The second kappa shape index (κ2) is 4.91. The summed E-state index contributed by atoms with van der Waals surface area (Å²) < 4.78 is 1.14. The quantitative estimate of drug-likeness (QED) is 0.884. The molecule has 1 heterocycles. The molecule has 3 nitrogen and oxygen atoms in total. The zero-order chi connectivity index (χ0) is 11.5. The largest absolute Gasteiger partial charge is 0.388 e. The Morgan fingerprint density at radius 1 is 1.44 bits per heavy atom. The monoisotopic (exact) mass is 236 g/mol. The first-order chi connectivity index (χ1) is 7.66. The van der Waals surface area contributed by atoms with E-state index in [1.54, 1.807) is 11.3 Å². The van der Waals surface area contributed by atoms with Crippen molar-refractivity contribution in [1.82, 2.24) is 9.88 Å². The van der Waals surface area contributed by atoms with E-state index in [2.05, 4.69) is 9.88 Å². The second-order valence-corrected chi connectivity index (χ2v) is 5.07. The van der Waals surface area contributed by atoms with Crippen LogP contribution in [0.3, 0.4) is 0 Å². The number of aromatic nitrogens is 1. The van der Waals surface area contributed by atoms with Crippen LogP contribution in [0, 0.1) is 0 Å². The fraction of sp³-hybridized carbons (Fsp3) is 0.417. The Labute approximate surface area is 99.4 Å². The van der Waals surface area contributed by atoms with Crippen molar-refractivity contribution in [3.8, 4) is 0 Å². The number of rotatable bonds is 4. The van der Waals surface area contributed by atoms with Crippen LogP contribution in [0.5, 0.6) is 0 Å². The Balaban J connectivity index is 2.12. The number of nitrogens with zero attached hydrogens (tertiary/aromatic N) is 2. The van der Waals surface area contributed by atoms with Crippen LogP contribution < -0.4 is 0 Å². The van der Waals surface area contributed by atoms with Crippen molar-refractivity contribution in [3.05, 3.63) is 29.3 Å². The van der Waals surface area contributed by atoms with Gasteiger partial charge in [0.05, 0.1) is 21.8 Å². The van der Waals surface area contributed by atoms with Crippen LogP contribution in [0.4, 0.5) is 0 Å². The lowest BCUT2D eigenvalue weighted by Gasteiger charge is -2.14. The SMILES string of the molecule is CN(C)CCC(O)c1ccc2ncsc2c1. The Morgan fingerprint density at radius 3 is 3.00 bits per heavy atom. The van der Waals surface area contributed by atoms with Crippen molar-refractivity contribution in [2.24, 2.45) is 0 Å². The molecule has 0 saturated heterocycles. The third kappa shape index (κ3) is 2.58. The van der Waals surface area contributed by atoms with Crippen LogP contribution in [-0.2, 0) is 0 Å². The van der Waals surface area contributed by atoms with Gasteiger partial charge in [-0.15, -0.1) is 11.3 Å². The van der Waals surface area contributed by atoms with E-state index in [0.29, 0.717) is 0 Å². The Kier molecular flexibility index (Phi) is 3.53. The van der Waals surface area contributed by atoms with Gasteiger partial charge in [0.2, 0.25) is 0 Å². The molecule has 0 radical (unpaired) electrons. The minimum Gasteiger partial charge on any atom is -0.388 e. The van der Waals surface area contributed by atoms with Gasteiger partial charge in [0.1, 0.15) is 0 Å². The van der Waals surface area contributed by atoms with Crippen molar-refractivity contribution in [2.75, 3.05) is 20.6 Å². The van der Waals surface area contributed by atoms with Gasteiger partial charge < -0.3 is 10.0 Å². The van der Waals surface area contributed by atoms with Crippen molar-refractivity contribution in [1.29, 1.82) is 0 Å². The highest BCUT2D eigenvalue weighted by atomic mass is 32.1. The normalized spacial score (nSPS) is 13.5. The minimum atomic E-state index is -0.381. The first-order valence-electron chi connectivity index (χ1n) is 5.33. The van der Waals surface area contributed by atoms with Gasteiger partial charge in [0, 0.05) is 6.54 Å². The molecule has 1 unspecified atom stereocenters. The Morgan fingerprint density at radius 2 is 2.25 bits per heavy atom. The molecule has 0 spiro atoms. The molecule has 1 N–H and O–H groups in total. The summed E-state index contributed by atoms with van der Waals surface area (Å²) in [4.78, 5) is 6.30. The standard InChI is InChI=1S/C12H16N2OS/c1-14(2)6-5-11(15)9-3-4-10-12(7-9)16-8-13-10/h3-4,7-8,11,15H,5-6H2,1-2H3. The number of benzene rings is 1. The van der Waals surface area contributed by atoms with E-state index in [-0.39, 0.29) is 6.10 Å². The van der Waals surface area contributed by atoms with E-state index in [1.807, 2.05) is 37.8 Å². The van der Waals surface area contributed by atoms with Crippen molar-refractivity contribution in [3.63, 3.8) is 0 Å². The molecule has 0 fully saturated rings. The number of aliphatic hydroxyl groups excluding tert-OH is 1. The number of thiazole rings is 1. The summed E-state index contributed by atoms with van der Waals surface area (Å²) in [6.45, 7) is 0.891. The van der Waals surface area contributed by atoms with Gasteiger partial charge in [-0.3, -0.25) is 0 Å². The van der Waals surface area contributed by atoms with Crippen LogP contribution in [-0.4, -0.2) is 35.6 Å². The molecule has 1 atom stereocenters. The lowest BCUT2D eigenvalue weighted by atomic mass is 10.1. The van der Waals surface area contributed by atoms with Gasteiger partial charge in [-0.2, -0.15) is 0 Å². The molecule has 0 aliphatic heterocycles. The lowest BCUT2D eigenvalue weighted by Crippen LogP contribution is -2.15. The topological polar surface area (TPSA) is 36.4 Å². The van der Waals surface area contributed by atoms with Crippen LogP contribution in [0.1, 0.15) is 18.1 Å². The maximum absolute atomic E-state index is 10.0. The predicted molar refractivity (Wildman–Crippen MR) is 67.8 cm³/mol. The highest BCUT2D eigenvalue weighted by molar-refractivity contribution is 7.16. The zero-order valence-corrected chi connectivity index (χ0v) is 10.4. The van der Waals surface area contributed by atoms with Crippen molar-refractivity contribution in [2.45, 2.75) is 12.5 Å². The summed E-state index contributed by atoms with van der Waals surface area (Å²) in [5.74, 6) is 0. The molecule has 1 aromatic heterocycles. The Bertz CT molecular complexity index is 467. The van der Waals surface area contributed by atoms with Crippen molar-refractivity contribution >= 4 is 21.6 Å². The average Bonchev–Trinajstić information content (AvgIpc) is 2.72. The molecule has 0 amide bonds. The molecule has 1 aromatic carbocycles. The molecular formula is C12H16N2OS. The number of fused-ring (bicyclic) bond motifs is 1. The number of hydrogen-bond donors (Lipinski definition) is 1. The first-order valence-corrected chi connectivity index (χ1v) is 6.21. The van der Waals surface area contributed by atoms with Gasteiger partial charge in [-0.1, -0.05) is 6.07 Å². The maximum Gasteiger partial charge on any atom is 0.0812 e. The molecule has 86 valence electrons. The smallest absolute Gasteiger partial charge is 0.0812 e. The molecule has 4 heteroatoms. The van der Waals surface area contributed by atoms with Gasteiger partial charge in [0.25, 0.3) is 0 Å². The summed E-state index contributed by atoms with van der Waals surface area (Å²) in [6, 6.07) is 5.97. The van der Waals surface area contributed by atoms with Gasteiger partial charge in [0.15, 0.2) is 0 Å². The number of aliphatic hydroxyl groups is 1. The zero-order valence-electron chi connectivity index (χ0n) is 9.55. The van der Waals surface area contributed by atoms with E-state index in [1.165, 1.54) is 0 Å². The van der Waals surface area contributed by atoms with Crippen LogP contribution in [0.15, 0.2) is 23.7 Å². The molecule has 16 heavy (non-hydrogen) atoms. The summed E-state index contributed by atoms with van der Waals surface area (Å²) >= 11 is 1.61. The molecule has 0 saturated carbocycles. The van der Waals surface area contributed by atoms with Crippen molar-refractivity contribution < 1.29 is 5.11 Å². The average molecular weight is 236 g/mol. The molecule has 0 bridgehead atoms. The summed E-state index contributed by atoms with van der Waals surface area (Å²) in [7, 11) is 4.03.